The quantitative estimate of drug-likeness (QED) is 0.818. The molecule has 17 heavy (non-hydrogen) atoms. The molecule has 92 valence electrons. The Kier molecular flexibility index (Phi) is 3.18. The maximum atomic E-state index is 5.86. The van der Waals surface area contributed by atoms with Crippen molar-refractivity contribution in [3.63, 3.8) is 0 Å². The minimum absolute atomic E-state index is 0.546. The Morgan fingerprint density at radius 2 is 2.18 bits per heavy atom. The van der Waals surface area contributed by atoms with Crippen LogP contribution in [0.15, 0.2) is 18.3 Å². The minimum Gasteiger partial charge on any atom is -0.383 e. The lowest BCUT2D eigenvalue weighted by Gasteiger charge is -2.47. The third kappa shape index (κ3) is 2.54. The number of anilines is 1. The molecule has 3 aliphatic heterocycles. The van der Waals surface area contributed by atoms with Gasteiger partial charge in [0, 0.05) is 57.2 Å². The van der Waals surface area contributed by atoms with E-state index in [1.165, 1.54) is 32.7 Å². The van der Waals surface area contributed by atoms with Crippen molar-refractivity contribution in [3.05, 3.63) is 23.5 Å². The summed E-state index contributed by atoms with van der Waals surface area (Å²) >= 11 is 5.86. The summed E-state index contributed by atoms with van der Waals surface area (Å²) in [5.41, 5.74) is 1.06. The molecule has 0 spiro atoms. The van der Waals surface area contributed by atoms with Crippen LogP contribution >= 0.6 is 11.6 Å². The van der Waals surface area contributed by atoms with Crippen molar-refractivity contribution >= 4 is 17.3 Å². The van der Waals surface area contributed by atoms with E-state index in [1.54, 1.807) is 6.20 Å². The average molecular weight is 253 g/mol. The van der Waals surface area contributed by atoms with Crippen molar-refractivity contribution in [1.82, 2.24) is 14.8 Å². The van der Waals surface area contributed by atoms with Crippen molar-refractivity contribution in [3.8, 4) is 0 Å². The molecule has 1 unspecified atom stereocenters. The zero-order valence-electron chi connectivity index (χ0n) is 9.77. The van der Waals surface area contributed by atoms with Gasteiger partial charge in [0.2, 0.25) is 0 Å². The minimum atomic E-state index is 0.546. The first kappa shape index (κ1) is 11.3. The highest BCUT2D eigenvalue weighted by Gasteiger charge is 2.31. The van der Waals surface area contributed by atoms with Crippen LogP contribution in [0.4, 0.5) is 5.69 Å². The van der Waals surface area contributed by atoms with Crippen molar-refractivity contribution in [1.29, 1.82) is 0 Å². The van der Waals surface area contributed by atoms with Crippen LogP contribution in [0.3, 0.4) is 0 Å². The molecule has 3 fully saturated rings. The van der Waals surface area contributed by atoms with Crippen molar-refractivity contribution in [2.24, 2.45) is 0 Å². The fourth-order valence-electron chi connectivity index (χ4n) is 2.67. The van der Waals surface area contributed by atoms with E-state index in [0.717, 1.165) is 12.2 Å². The van der Waals surface area contributed by atoms with E-state index < -0.39 is 0 Å². The number of aromatic nitrogens is 1. The van der Waals surface area contributed by atoms with Gasteiger partial charge in [-0.05, 0) is 12.1 Å². The molecule has 1 atom stereocenters. The summed E-state index contributed by atoms with van der Waals surface area (Å²) in [6, 6.07) is 4.46. The van der Waals surface area contributed by atoms with Crippen LogP contribution in [0.2, 0.25) is 5.15 Å². The van der Waals surface area contributed by atoms with Gasteiger partial charge in [0.25, 0.3) is 0 Å². The fourth-order valence-corrected chi connectivity index (χ4v) is 2.84. The van der Waals surface area contributed by atoms with Gasteiger partial charge >= 0.3 is 0 Å². The van der Waals surface area contributed by atoms with Crippen LogP contribution in [-0.4, -0.2) is 60.1 Å². The van der Waals surface area contributed by atoms with Gasteiger partial charge in [-0.25, -0.2) is 4.98 Å². The van der Waals surface area contributed by atoms with Gasteiger partial charge in [0.1, 0.15) is 5.15 Å². The second-order valence-electron chi connectivity index (χ2n) is 4.74. The van der Waals surface area contributed by atoms with E-state index in [0.29, 0.717) is 11.2 Å². The molecule has 3 aliphatic rings. The maximum Gasteiger partial charge on any atom is 0.131 e. The Labute approximate surface area is 107 Å². The summed E-state index contributed by atoms with van der Waals surface area (Å²) in [7, 11) is 0. The predicted octanol–water partition coefficient (Wildman–Crippen LogP) is 1.15. The first-order valence-electron chi connectivity index (χ1n) is 6.13. The van der Waals surface area contributed by atoms with Crippen LogP contribution in [0, 0.1) is 0 Å². The molecule has 1 aromatic heterocycles. The Morgan fingerprint density at radius 1 is 1.35 bits per heavy atom. The first-order valence-corrected chi connectivity index (χ1v) is 6.51. The van der Waals surface area contributed by atoms with Gasteiger partial charge in [0.05, 0.1) is 0 Å². The summed E-state index contributed by atoms with van der Waals surface area (Å²) < 4.78 is 0. The van der Waals surface area contributed by atoms with Crippen LogP contribution < -0.4 is 5.32 Å². The fraction of sp³-hybridized carbons (Fsp3) is 0.583. The highest BCUT2D eigenvalue weighted by molar-refractivity contribution is 6.29. The van der Waals surface area contributed by atoms with Crippen molar-refractivity contribution in [2.45, 2.75) is 6.04 Å². The number of rotatable bonds is 3. The number of halogens is 1. The summed E-state index contributed by atoms with van der Waals surface area (Å²) in [4.78, 5) is 9.11. The average Bonchev–Trinajstić information content (AvgIpc) is 2.38. The first-order chi connectivity index (χ1) is 8.31. The molecule has 2 bridgehead atoms. The molecule has 0 aliphatic carbocycles. The van der Waals surface area contributed by atoms with Gasteiger partial charge in [-0.3, -0.25) is 9.80 Å². The number of hydrogen-bond acceptors (Lipinski definition) is 4. The van der Waals surface area contributed by atoms with Gasteiger partial charge in [0.15, 0.2) is 0 Å². The molecule has 0 amide bonds. The predicted molar refractivity (Wildman–Crippen MR) is 69.5 cm³/mol. The third-order valence-corrected chi connectivity index (χ3v) is 3.87. The van der Waals surface area contributed by atoms with E-state index in [2.05, 4.69) is 20.1 Å². The lowest BCUT2D eigenvalue weighted by atomic mass is 10.1. The van der Waals surface area contributed by atoms with E-state index in [-0.39, 0.29) is 0 Å². The standard InChI is InChI=1S/C12H17ClN4/c13-12-7-10(1-2-14-12)15-8-11-9-16-3-5-17(11)6-4-16/h1-2,7,11H,3-6,8-9H2,(H,14,15). The van der Waals surface area contributed by atoms with E-state index in [9.17, 15) is 0 Å². The molecule has 1 aromatic rings. The smallest absolute Gasteiger partial charge is 0.131 e. The lowest BCUT2D eigenvalue weighted by Crippen LogP contribution is -2.62. The van der Waals surface area contributed by atoms with Gasteiger partial charge < -0.3 is 5.32 Å². The summed E-state index contributed by atoms with van der Waals surface area (Å²) in [5, 5.41) is 3.99. The number of fused-ring (bicyclic) bond motifs is 3. The van der Waals surface area contributed by atoms with Gasteiger partial charge in [-0.2, -0.15) is 0 Å². The van der Waals surface area contributed by atoms with Crippen LogP contribution in [0.5, 0.6) is 0 Å². The molecule has 3 saturated heterocycles. The molecule has 0 aromatic carbocycles. The molecule has 4 heterocycles. The number of pyridine rings is 1. The molecule has 0 radical (unpaired) electrons. The monoisotopic (exact) mass is 252 g/mol. The molecule has 5 heteroatoms. The molecule has 4 nitrogen and oxygen atoms in total. The molecule has 0 saturated carbocycles. The molecule has 1 N–H and O–H groups in total. The second kappa shape index (κ2) is 4.80. The van der Waals surface area contributed by atoms with Gasteiger partial charge in [-0.1, -0.05) is 11.6 Å². The Balaban J connectivity index is 1.57. The van der Waals surface area contributed by atoms with Crippen LogP contribution in [-0.2, 0) is 0 Å². The summed E-state index contributed by atoms with van der Waals surface area (Å²) in [6.45, 7) is 7.06. The molecule has 4 rings (SSSR count). The number of piperazine rings is 3. The number of hydrogen-bond donors (Lipinski definition) is 1. The number of nitrogens with one attached hydrogen (secondary N) is 1. The summed E-state index contributed by atoms with van der Waals surface area (Å²) in [5.74, 6) is 0. The van der Waals surface area contributed by atoms with Gasteiger partial charge in [-0.15, -0.1) is 0 Å². The zero-order valence-corrected chi connectivity index (χ0v) is 10.5. The molecular formula is C12H17ClN4. The van der Waals surface area contributed by atoms with Crippen molar-refractivity contribution < 1.29 is 0 Å². The SMILES string of the molecule is Clc1cc(NCC2CN3CCN2CC3)ccn1. The van der Waals surface area contributed by atoms with Crippen LogP contribution in [0.1, 0.15) is 0 Å². The van der Waals surface area contributed by atoms with Crippen molar-refractivity contribution in [2.75, 3.05) is 44.6 Å². The highest BCUT2D eigenvalue weighted by Crippen LogP contribution is 2.17. The Morgan fingerprint density at radius 3 is 2.82 bits per heavy atom. The highest BCUT2D eigenvalue weighted by atomic mass is 35.5. The summed E-state index contributed by atoms with van der Waals surface area (Å²) in [6.07, 6.45) is 1.74. The normalized spacial score (nSPS) is 31.5. The van der Waals surface area contributed by atoms with E-state index >= 15 is 0 Å². The molecular weight excluding hydrogens is 236 g/mol. The van der Waals surface area contributed by atoms with Crippen LogP contribution in [0.25, 0.3) is 0 Å². The second-order valence-corrected chi connectivity index (χ2v) is 5.13. The third-order valence-electron chi connectivity index (χ3n) is 3.66. The topological polar surface area (TPSA) is 31.4 Å². The lowest BCUT2D eigenvalue weighted by molar-refractivity contribution is 0.0189. The zero-order chi connectivity index (χ0) is 11.7. The van der Waals surface area contributed by atoms with E-state index in [1.807, 2.05) is 12.1 Å². The maximum absolute atomic E-state index is 5.86. The number of nitrogens with zero attached hydrogens (tertiary/aromatic N) is 3. The largest absolute Gasteiger partial charge is 0.383 e. The Hall–Kier alpha value is -0.840. The van der Waals surface area contributed by atoms with E-state index in [4.69, 9.17) is 11.6 Å². The Bertz CT molecular complexity index is 390.